The standard InChI is InChI=1S/C18H25N3O2/c1-21(15-9-5-3-6-10-15)13-16-19-17(20-23-16)18(14-22-2)11-7-4-8-12-18/h3,5-6,9-10H,4,7-8,11-14H2,1-2H3. The zero-order valence-electron chi connectivity index (χ0n) is 14.0. The Kier molecular flexibility index (Phi) is 4.96. The maximum Gasteiger partial charge on any atom is 0.246 e. The quantitative estimate of drug-likeness (QED) is 0.816. The number of rotatable bonds is 6. The van der Waals surface area contributed by atoms with Gasteiger partial charge >= 0.3 is 0 Å². The van der Waals surface area contributed by atoms with E-state index in [0.29, 0.717) is 19.0 Å². The molecular formula is C18H25N3O2. The van der Waals surface area contributed by atoms with Gasteiger partial charge in [0.1, 0.15) is 0 Å². The van der Waals surface area contributed by atoms with Crippen LogP contribution in [0.2, 0.25) is 0 Å². The molecule has 3 rings (SSSR count). The van der Waals surface area contributed by atoms with E-state index in [1.807, 2.05) is 25.2 Å². The van der Waals surface area contributed by atoms with Gasteiger partial charge in [0.05, 0.1) is 18.6 Å². The number of hydrogen-bond donors (Lipinski definition) is 0. The lowest BCUT2D eigenvalue weighted by Gasteiger charge is -2.33. The highest BCUT2D eigenvalue weighted by Crippen LogP contribution is 2.38. The molecule has 0 amide bonds. The molecule has 1 heterocycles. The third-order valence-corrected chi connectivity index (χ3v) is 4.74. The molecule has 5 nitrogen and oxygen atoms in total. The minimum Gasteiger partial charge on any atom is -0.384 e. The Morgan fingerprint density at radius 3 is 2.61 bits per heavy atom. The van der Waals surface area contributed by atoms with Crippen LogP contribution in [0.15, 0.2) is 34.9 Å². The van der Waals surface area contributed by atoms with Crippen molar-refractivity contribution in [3.63, 3.8) is 0 Å². The van der Waals surface area contributed by atoms with Crippen molar-refractivity contribution in [2.45, 2.75) is 44.1 Å². The van der Waals surface area contributed by atoms with Crippen molar-refractivity contribution >= 4 is 5.69 Å². The molecule has 0 saturated heterocycles. The first-order chi connectivity index (χ1) is 11.2. The van der Waals surface area contributed by atoms with Crippen LogP contribution in [0.3, 0.4) is 0 Å². The predicted molar refractivity (Wildman–Crippen MR) is 89.5 cm³/mol. The molecule has 0 spiro atoms. The van der Waals surface area contributed by atoms with Gasteiger partial charge in [-0.25, -0.2) is 0 Å². The van der Waals surface area contributed by atoms with Crippen LogP contribution in [-0.4, -0.2) is 30.9 Å². The van der Waals surface area contributed by atoms with Gasteiger partial charge in [0.25, 0.3) is 0 Å². The van der Waals surface area contributed by atoms with E-state index in [9.17, 15) is 0 Å². The fraction of sp³-hybridized carbons (Fsp3) is 0.556. The Labute approximate surface area is 137 Å². The molecule has 0 radical (unpaired) electrons. The van der Waals surface area contributed by atoms with E-state index in [1.54, 1.807) is 7.11 Å². The van der Waals surface area contributed by atoms with Crippen LogP contribution in [0.25, 0.3) is 0 Å². The maximum atomic E-state index is 5.52. The Hall–Kier alpha value is -1.88. The van der Waals surface area contributed by atoms with Crippen molar-refractivity contribution in [1.82, 2.24) is 10.1 Å². The molecule has 0 N–H and O–H groups in total. The van der Waals surface area contributed by atoms with Crippen LogP contribution in [0.4, 0.5) is 5.69 Å². The number of hydrogen-bond acceptors (Lipinski definition) is 5. The van der Waals surface area contributed by atoms with E-state index in [1.165, 1.54) is 19.3 Å². The van der Waals surface area contributed by atoms with Crippen LogP contribution in [0.1, 0.15) is 43.8 Å². The average molecular weight is 315 g/mol. The van der Waals surface area contributed by atoms with Gasteiger partial charge in [-0.3, -0.25) is 0 Å². The maximum absolute atomic E-state index is 5.52. The molecule has 124 valence electrons. The molecule has 0 atom stereocenters. The number of ether oxygens (including phenoxy) is 1. The monoisotopic (exact) mass is 315 g/mol. The van der Waals surface area contributed by atoms with Gasteiger partial charge < -0.3 is 14.2 Å². The first-order valence-electron chi connectivity index (χ1n) is 8.32. The summed E-state index contributed by atoms with van der Waals surface area (Å²) in [6, 6.07) is 10.2. The molecule has 23 heavy (non-hydrogen) atoms. The molecule has 1 aromatic carbocycles. The topological polar surface area (TPSA) is 51.4 Å². The Morgan fingerprint density at radius 1 is 1.17 bits per heavy atom. The van der Waals surface area contributed by atoms with Gasteiger partial charge in [0.15, 0.2) is 5.82 Å². The average Bonchev–Trinajstić information content (AvgIpc) is 3.06. The van der Waals surface area contributed by atoms with E-state index in [0.717, 1.165) is 24.4 Å². The van der Waals surface area contributed by atoms with Gasteiger partial charge in [0.2, 0.25) is 5.89 Å². The minimum absolute atomic E-state index is 0.0694. The van der Waals surface area contributed by atoms with Crippen molar-refractivity contribution in [2.24, 2.45) is 0 Å². The van der Waals surface area contributed by atoms with Gasteiger partial charge in [-0.2, -0.15) is 4.98 Å². The summed E-state index contributed by atoms with van der Waals surface area (Å²) in [5.74, 6) is 1.47. The van der Waals surface area contributed by atoms with E-state index in [4.69, 9.17) is 14.2 Å². The molecule has 0 aliphatic heterocycles. The van der Waals surface area contributed by atoms with Gasteiger partial charge in [-0.1, -0.05) is 42.6 Å². The summed E-state index contributed by atoms with van der Waals surface area (Å²) in [5.41, 5.74) is 1.07. The van der Waals surface area contributed by atoms with Crippen molar-refractivity contribution < 1.29 is 9.26 Å². The highest BCUT2D eigenvalue weighted by Gasteiger charge is 2.38. The minimum atomic E-state index is -0.0694. The summed E-state index contributed by atoms with van der Waals surface area (Å²) in [5, 5.41) is 4.28. The SMILES string of the molecule is COCC1(c2noc(CN(C)c3ccccc3)n2)CCCCC1. The molecule has 1 aliphatic rings. The van der Waals surface area contributed by atoms with Gasteiger partial charge in [-0.05, 0) is 25.0 Å². The van der Waals surface area contributed by atoms with Crippen molar-refractivity contribution in [2.75, 3.05) is 25.7 Å². The first kappa shape index (κ1) is 16.0. The van der Waals surface area contributed by atoms with E-state index in [2.05, 4.69) is 22.2 Å². The van der Waals surface area contributed by atoms with Crippen LogP contribution >= 0.6 is 0 Å². The lowest BCUT2D eigenvalue weighted by Crippen LogP contribution is -2.35. The Balaban J connectivity index is 1.74. The van der Waals surface area contributed by atoms with Crippen LogP contribution < -0.4 is 4.90 Å². The molecule has 0 bridgehead atoms. The van der Waals surface area contributed by atoms with Crippen LogP contribution in [-0.2, 0) is 16.7 Å². The number of para-hydroxylation sites is 1. The third-order valence-electron chi connectivity index (χ3n) is 4.74. The van der Waals surface area contributed by atoms with E-state index >= 15 is 0 Å². The number of aromatic nitrogens is 2. The molecule has 5 heteroatoms. The molecular weight excluding hydrogens is 290 g/mol. The van der Waals surface area contributed by atoms with Crippen LogP contribution in [0.5, 0.6) is 0 Å². The summed E-state index contributed by atoms with van der Waals surface area (Å²) in [6.07, 6.45) is 5.85. The first-order valence-corrected chi connectivity index (χ1v) is 8.32. The lowest BCUT2D eigenvalue weighted by molar-refractivity contribution is 0.0961. The molecule has 1 saturated carbocycles. The van der Waals surface area contributed by atoms with Gasteiger partial charge in [-0.15, -0.1) is 0 Å². The van der Waals surface area contributed by atoms with Crippen molar-refractivity contribution in [3.05, 3.63) is 42.0 Å². The van der Waals surface area contributed by atoms with Crippen molar-refractivity contribution in [3.8, 4) is 0 Å². The second-order valence-electron chi connectivity index (χ2n) is 6.48. The third kappa shape index (κ3) is 3.55. The largest absolute Gasteiger partial charge is 0.384 e. The highest BCUT2D eigenvalue weighted by atomic mass is 16.5. The summed E-state index contributed by atoms with van der Waals surface area (Å²) < 4.78 is 11.0. The van der Waals surface area contributed by atoms with Crippen molar-refractivity contribution in [1.29, 1.82) is 0 Å². The lowest BCUT2D eigenvalue weighted by atomic mass is 9.74. The highest BCUT2D eigenvalue weighted by molar-refractivity contribution is 5.44. The molecule has 0 unspecified atom stereocenters. The second kappa shape index (κ2) is 7.13. The summed E-state index contributed by atoms with van der Waals surface area (Å²) >= 11 is 0. The summed E-state index contributed by atoms with van der Waals surface area (Å²) in [6.45, 7) is 1.28. The van der Waals surface area contributed by atoms with E-state index in [-0.39, 0.29) is 5.41 Å². The zero-order chi connectivity index (χ0) is 16.1. The predicted octanol–water partition coefficient (Wildman–Crippen LogP) is 3.55. The number of nitrogens with zero attached hydrogens (tertiary/aromatic N) is 3. The Morgan fingerprint density at radius 2 is 1.91 bits per heavy atom. The molecule has 1 aromatic heterocycles. The van der Waals surface area contributed by atoms with E-state index < -0.39 is 0 Å². The fourth-order valence-corrected chi connectivity index (χ4v) is 3.45. The molecule has 1 fully saturated rings. The summed E-state index contributed by atoms with van der Waals surface area (Å²) in [7, 11) is 3.78. The number of anilines is 1. The number of methoxy groups -OCH3 is 1. The normalized spacial score (nSPS) is 17.1. The zero-order valence-corrected chi connectivity index (χ0v) is 14.0. The van der Waals surface area contributed by atoms with Crippen LogP contribution in [0, 0.1) is 0 Å². The van der Waals surface area contributed by atoms with Gasteiger partial charge in [0, 0.05) is 19.8 Å². The second-order valence-corrected chi connectivity index (χ2v) is 6.48. The Bertz CT molecular complexity index is 600. The number of benzene rings is 1. The molecule has 2 aromatic rings. The summed E-state index contributed by atoms with van der Waals surface area (Å²) in [4.78, 5) is 6.80. The smallest absolute Gasteiger partial charge is 0.246 e. The fourth-order valence-electron chi connectivity index (χ4n) is 3.45. The molecule has 1 aliphatic carbocycles.